The molecule has 2 aromatic carbocycles. The summed E-state index contributed by atoms with van der Waals surface area (Å²) in [6, 6.07) is 22.4. The predicted molar refractivity (Wildman–Crippen MR) is 197 cm³/mol. The summed E-state index contributed by atoms with van der Waals surface area (Å²) in [7, 11) is 0. The van der Waals surface area contributed by atoms with Gasteiger partial charge in [-0.1, -0.05) is 203 Å². The molecule has 0 aliphatic carbocycles. The lowest BCUT2D eigenvalue weighted by Gasteiger charge is -2.39. The highest BCUT2D eigenvalue weighted by atomic mass is 15.1. The van der Waals surface area contributed by atoms with Crippen molar-refractivity contribution < 1.29 is 0 Å². The van der Waals surface area contributed by atoms with Crippen LogP contribution in [0.3, 0.4) is 0 Å². The zero-order valence-corrected chi connectivity index (χ0v) is 29.7. The van der Waals surface area contributed by atoms with Crippen molar-refractivity contribution in [3.8, 4) is 0 Å². The molecule has 3 aromatic rings. The van der Waals surface area contributed by atoms with E-state index >= 15 is 0 Å². The van der Waals surface area contributed by atoms with Crippen LogP contribution in [-0.2, 0) is 18.4 Å². The summed E-state index contributed by atoms with van der Waals surface area (Å²) in [5.41, 5.74) is 2.83. The minimum absolute atomic E-state index is 0.0213. The molecule has 0 amide bonds. The molecule has 2 nitrogen and oxygen atoms in total. The third-order valence-corrected chi connectivity index (χ3v) is 10.3. The van der Waals surface area contributed by atoms with E-state index in [1.165, 1.54) is 152 Å². The highest BCUT2D eigenvalue weighted by Crippen LogP contribution is 2.44. The van der Waals surface area contributed by atoms with E-state index in [4.69, 9.17) is 4.98 Å². The molecule has 45 heavy (non-hydrogen) atoms. The fourth-order valence-electron chi connectivity index (χ4n) is 7.42. The molecule has 2 heteroatoms. The number of aromatic nitrogens is 2. The molecule has 250 valence electrons. The van der Waals surface area contributed by atoms with E-state index < -0.39 is 0 Å². The maximum absolute atomic E-state index is 5.10. The van der Waals surface area contributed by atoms with Gasteiger partial charge in [-0.3, -0.25) is 0 Å². The third-order valence-electron chi connectivity index (χ3n) is 10.3. The van der Waals surface area contributed by atoms with Gasteiger partial charge in [0.15, 0.2) is 0 Å². The third kappa shape index (κ3) is 13.9. The molecular weight excluding hydrogens is 544 g/mol. The van der Waals surface area contributed by atoms with E-state index in [1.54, 1.807) is 0 Å². The first-order valence-electron chi connectivity index (χ1n) is 19.3. The molecule has 0 bridgehead atoms. The molecule has 0 saturated carbocycles. The van der Waals surface area contributed by atoms with Crippen LogP contribution in [0.5, 0.6) is 0 Å². The lowest BCUT2D eigenvalue weighted by molar-refractivity contribution is 0.322. The Kier molecular flexibility index (Phi) is 19.0. The van der Waals surface area contributed by atoms with Gasteiger partial charge >= 0.3 is 0 Å². The van der Waals surface area contributed by atoms with Crippen LogP contribution in [0.2, 0.25) is 0 Å². The second-order valence-corrected chi connectivity index (χ2v) is 14.1. The van der Waals surface area contributed by atoms with Crippen molar-refractivity contribution in [1.82, 2.24) is 9.55 Å². The number of hydrogen-bond donors (Lipinski definition) is 0. The van der Waals surface area contributed by atoms with Crippen molar-refractivity contribution in [2.45, 2.75) is 180 Å². The highest BCUT2D eigenvalue weighted by molar-refractivity contribution is 5.33. The van der Waals surface area contributed by atoms with Gasteiger partial charge < -0.3 is 4.57 Å². The smallest absolute Gasteiger partial charge is 0.112 e. The molecule has 1 aromatic heterocycles. The zero-order valence-electron chi connectivity index (χ0n) is 29.7. The quantitative estimate of drug-likeness (QED) is 0.0783. The molecule has 0 spiro atoms. The number of aryl methyl sites for hydroxylation is 1. The summed E-state index contributed by atoms with van der Waals surface area (Å²) in [6.45, 7) is 8.21. The maximum atomic E-state index is 5.10. The average Bonchev–Trinajstić information content (AvgIpc) is 3.53. The molecule has 0 N–H and O–H groups in total. The van der Waals surface area contributed by atoms with Crippen LogP contribution in [0.25, 0.3) is 0 Å². The van der Waals surface area contributed by atoms with Crippen LogP contribution in [0.4, 0.5) is 0 Å². The van der Waals surface area contributed by atoms with Gasteiger partial charge in [-0.25, -0.2) is 4.98 Å². The minimum Gasteiger partial charge on any atom is -0.335 e. The second kappa shape index (κ2) is 23.0. The molecule has 0 fully saturated rings. The molecule has 3 rings (SSSR count). The van der Waals surface area contributed by atoms with Crippen LogP contribution in [0.15, 0.2) is 73.1 Å². The van der Waals surface area contributed by atoms with E-state index in [0.29, 0.717) is 5.92 Å². The molecular formula is C43H68N2. The summed E-state index contributed by atoms with van der Waals surface area (Å²) in [5, 5.41) is 0. The standard InChI is InChI=1S/C43H68N2/c1-4-6-8-10-11-12-13-14-15-16-17-18-19-20-21-29-36-45-37-35-44-42(45)41(34-28-9-7-5-2)43(3,40-32-26-23-27-33-40)38-39-30-24-22-25-31-39/h22-27,30-33,35,37,41H,4-21,28-29,34,36,38H2,1-3H3. The van der Waals surface area contributed by atoms with Crippen LogP contribution in [0.1, 0.15) is 178 Å². The van der Waals surface area contributed by atoms with Gasteiger partial charge in [-0.15, -0.1) is 0 Å². The van der Waals surface area contributed by atoms with Crippen LogP contribution < -0.4 is 0 Å². The van der Waals surface area contributed by atoms with Gasteiger partial charge in [0.05, 0.1) is 0 Å². The lowest BCUT2D eigenvalue weighted by Crippen LogP contribution is -2.35. The summed E-state index contributed by atoms with van der Waals surface area (Å²) >= 11 is 0. The maximum Gasteiger partial charge on any atom is 0.112 e. The summed E-state index contributed by atoms with van der Waals surface area (Å²) in [4.78, 5) is 5.10. The summed E-state index contributed by atoms with van der Waals surface area (Å²) in [5.74, 6) is 1.68. The second-order valence-electron chi connectivity index (χ2n) is 14.1. The van der Waals surface area contributed by atoms with Crippen molar-refractivity contribution in [3.63, 3.8) is 0 Å². The van der Waals surface area contributed by atoms with E-state index in [-0.39, 0.29) is 5.41 Å². The number of rotatable bonds is 27. The topological polar surface area (TPSA) is 17.8 Å². The molecule has 0 radical (unpaired) electrons. The van der Waals surface area contributed by atoms with Gasteiger partial charge in [0, 0.05) is 30.3 Å². The fourth-order valence-corrected chi connectivity index (χ4v) is 7.42. The number of nitrogens with zero attached hydrogens (tertiary/aromatic N) is 2. The Morgan fingerprint density at radius 2 is 1.04 bits per heavy atom. The van der Waals surface area contributed by atoms with E-state index in [2.05, 4.69) is 98.4 Å². The average molecular weight is 613 g/mol. The van der Waals surface area contributed by atoms with Crippen LogP contribution in [-0.4, -0.2) is 9.55 Å². The Bertz CT molecular complexity index is 1090. The minimum atomic E-state index is -0.0213. The molecule has 0 aliphatic rings. The van der Waals surface area contributed by atoms with E-state index in [0.717, 1.165) is 13.0 Å². The van der Waals surface area contributed by atoms with Crippen LogP contribution in [0, 0.1) is 0 Å². The SMILES string of the molecule is CCCCCCCCCCCCCCCCCCn1ccnc1C(CCCCCC)C(C)(Cc1ccccc1)c1ccccc1. The van der Waals surface area contributed by atoms with Crippen molar-refractivity contribution in [3.05, 3.63) is 90.0 Å². The Labute approximate surface area is 278 Å². The normalized spacial score (nSPS) is 13.6. The molecule has 0 saturated heterocycles. The Morgan fingerprint density at radius 1 is 0.578 bits per heavy atom. The Balaban J connectivity index is 1.49. The number of imidazole rings is 1. The number of unbranched alkanes of at least 4 members (excludes halogenated alkanes) is 18. The summed E-state index contributed by atoms with van der Waals surface area (Å²) < 4.78 is 2.51. The van der Waals surface area contributed by atoms with Gasteiger partial charge in [-0.2, -0.15) is 0 Å². The monoisotopic (exact) mass is 613 g/mol. The van der Waals surface area contributed by atoms with Crippen molar-refractivity contribution in [2.75, 3.05) is 0 Å². The van der Waals surface area contributed by atoms with E-state index in [9.17, 15) is 0 Å². The predicted octanol–water partition coefficient (Wildman–Crippen LogP) is 13.4. The molecule has 1 heterocycles. The largest absolute Gasteiger partial charge is 0.335 e. The lowest BCUT2D eigenvalue weighted by atomic mass is 9.66. The number of benzene rings is 2. The molecule has 0 aliphatic heterocycles. The van der Waals surface area contributed by atoms with Gasteiger partial charge in [-0.05, 0) is 30.4 Å². The molecule has 2 unspecified atom stereocenters. The zero-order chi connectivity index (χ0) is 31.8. The van der Waals surface area contributed by atoms with Gasteiger partial charge in [0.2, 0.25) is 0 Å². The van der Waals surface area contributed by atoms with Gasteiger partial charge in [0.1, 0.15) is 5.82 Å². The summed E-state index contributed by atoms with van der Waals surface area (Å²) in [6.07, 6.45) is 34.3. The van der Waals surface area contributed by atoms with Crippen LogP contribution >= 0.6 is 0 Å². The highest BCUT2D eigenvalue weighted by Gasteiger charge is 2.39. The van der Waals surface area contributed by atoms with E-state index in [1.807, 2.05) is 0 Å². The van der Waals surface area contributed by atoms with Gasteiger partial charge in [0.25, 0.3) is 0 Å². The Morgan fingerprint density at radius 3 is 1.58 bits per heavy atom. The molecule has 2 atom stereocenters. The fraction of sp³-hybridized carbons (Fsp3) is 0.651. The van der Waals surface area contributed by atoms with Crippen molar-refractivity contribution in [1.29, 1.82) is 0 Å². The van der Waals surface area contributed by atoms with Crippen molar-refractivity contribution >= 4 is 0 Å². The van der Waals surface area contributed by atoms with Crippen molar-refractivity contribution in [2.24, 2.45) is 0 Å². The first-order chi connectivity index (χ1) is 22.2. The Hall–Kier alpha value is -2.35. The first-order valence-corrected chi connectivity index (χ1v) is 19.3. The number of hydrogen-bond acceptors (Lipinski definition) is 1. The first kappa shape index (κ1) is 37.1.